The van der Waals surface area contributed by atoms with Gasteiger partial charge in [0.05, 0.1) is 6.10 Å². The lowest BCUT2D eigenvalue weighted by atomic mass is 10.0. The van der Waals surface area contributed by atoms with Gasteiger partial charge in [0.2, 0.25) is 17.7 Å². The molecule has 2 rings (SSSR count). The van der Waals surface area contributed by atoms with E-state index < -0.39 is 54.0 Å². The van der Waals surface area contributed by atoms with E-state index in [0.29, 0.717) is 30.5 Å². The molecule has 0 saturated heterocycles. The number of rotatable bonds is 16. The van der Waals surface area contributed by atoms with Gasteiger partial charge >= 0.3 is 5.97 Å². The minimum absolute atomic E-state index is 0.0136. The Morgan fingerprint density at radius 3 is 1.88 bits per heavy atom. The Hall–Kier alpha value is -4.00. The summed E-state index contributed by atoms with van der Waals surface area (Å²) in [5.74, 6) is -3.39. The van der Waals surface area contributed by atoms with Crippen molar-refractivity contribution in [3.63, 3.8) is 0 Å². The van der Waals surface area contributed by atoms with E-state index in [0.717, 1.165) is 0 Å². The van der Waals surface area contributed by atoms with Crippen LogP contribution in [0.25, 0.3) is 0 Å². The van der Waals surface area contributed by atoms with E-state index in [1.54, 1.807) is 42.5 Å². The molecule has 0 aliphatic heterocycles. The van der Waals surface area contributed by atoms with E-state index in [9.17, 15) is 34.5 Å². The highest BCUT2D eigenvalue weighted by Gasteiger charge is 2.31. The van der Waals surface area contributed by atoms with Crippen LogP contribution < -0.4 is 27.4 Å². The van der Waals surface area contributed by atoms with Crippen LogP contribution in [0.3, 0.4) is 0 Å². The van der Waals surface area contributed by atoms with Crippen LogP contribution in [0.1, 0.15) is 37.3 Å². The average Bonchev–Trinajstić information content (AvgIpc) is 2.92. The molecule has 10 N–H and O–H groups in total. The molecule has 40 heavy (non-hydrogen) atoms. The molecule has 0 spiro atoms. The summed E-state index contributed by atoms with van der Waals surface area (Å²) in [6.45, 7) is 1.72. The Morgan fingerprint density at radius 1 is 0.775 bits per heavy atom. The molecule has 12 nitrogen and oxygen atoms in total. The number of carboxylic acids is 1. The fourth-order valence-corrected chi connectivity index (χ4v) is 3.92. The van der Waals surface area contributed by atoms with Crippen LogP contribution in [0.4, 0.5) is 0 Å². The highest BCUT2D eigenvalue weighted by Crippen LogP contribution is 2.13. The molecule has 0 aliphatic rings. The summed E-state index contributed by atoms with van der Waals surface area (Å²) in [7, 11) is 0. The molecule has 0 saturated carbocycles. The second-order valence-corrected chi connectivity index (χ2v) is 9.63. The summed E-state index contributed by atoms with van der Waals surface area (Å²) >= 11 is 0. The molecule has 0 aromatic heterocycles. The largest absolute Gasteiger partial charge is 0.508 e. The first kappa shape index (κ1) is 32.2. The number of phenols is 1. The van der Waals surface area contributed by atoms with Crippen molar-refractivity contribution >= 4 is 23.7 Å². The molecular formula is C28H39N5O7. The van der Waals surface area contributed by atoms with Gasteiger partial charge in [0.25, 0.3) is 0 Å². The number of nitrogens with one attached hydrogen (secondary N) is 3. The van der Waals surface area contributed by atoms with Gasteiger partial charge in [-0.3, -0.25) is 14.4 Å². The lowest BCUT2D eigenvalue weighted by molar-refractivity contribution is -0.142. The molecule has 0 aliphatic carbocycles. The van der Waals surface area contributed by atoms with Crippen molar-refractivity contribution in [2.45, 2.75) is 69.3 Å². The van der Waals surface area contributed by atoms with Crippen molar-refractivity contribution < 1.29 is 34.5 Å². The van der Waals surface area contributed by atoms with Gasteiger partial charge < -0.3 is 42.7 Å². The standard InChI is InChI=1S/C28H39N5O7/c1-17(34)24(30)27(38)31-21(9-5-6-14-29)25(36)32-22(15-19-10-12-20(35)13-11-19)26(37)33-23(28(39)40)16-18-7-3-2-4-8-18/h2-4,7-8,10-13,17,21-24,34-35H,5-6,9,14-16,29-30H2,1H3,(H,31,38)(H,32,36)(H,33,37)(H,39,40). The number of hydrogen-bond acceptors (Lipinski definition) is 8. The molecule has 0 fully saturated rings. The number of carboxylic acid groups (broad SMARTS) is 1. The summed E-state index contributed by atoms with van der Waals surface area (Å²) in [6, 6.07) is 9.95. The molecule has 2 aromatic carbocycles. The molecule has 5 atom stereocenters. The predicted octanol–water partition coefficient (Wildman–Crippen LogP) is -0.446. The maximum atomic E-state index is 13.4. The van der Waals surface area contributed by atoms with Gasteiger partial charge in [-0.2, -0.15) is 0 Å². The van der Waals surface area contributed by atoms with Crippen LogP contribution in [0.2, 0.25) is 0 Å². The maximum Gasteiger partial charge on any atom is 0.326 e. The molecular weight excluding hydrogens is 518 g/mol. The van der Waals surface area contributed by atoms with Crippen molar-refractivity contribution in [1.82, 2.24) is 16.0 Å². The second-order valence-electron chi connectivity index (χ2n) is 9.63. The van der Waals surface area contributed by atoms with Crippen LogP contribution in [-0.4, -0.2) is 75.8 Å². The topological polar surface area (TPSA) is 217 Å². The SMILES string of the molecule is CC(O)C(N)C(=O)NC(CCCCN)C(=O)NC(Cc1ccc(O)cc1)C(=O)NC(Cc1ccccc1)C(=O)O. The molecule has 5 unspecified atom stereocenters. The number of unbranched alkanes of at least 4 members (excludes halogenated alkanes) is 1. The smallest absolute Gasteiger partial charge is 0.326 e. The fraction of sp³-hybridized carbons (Fsp3) is 0.429. The fourth-order valence-electron chi connectivity index (χ4n) is 3.92. The zero-order chi connectivity index (χ0) is 29.7. The Balaban J connectivity index is 2.27. The molecule has 218 valence electrons. The number of phenolic OH excluding ortho intramolecular Hbond substituents is 1. The monoisotopic (exact) mass is 557 g/mol. The number of carbonyl (C=O) groups excluding carboxylic acids is 3. The van der Waals surface area contributed by atoms with Crippen molar-refractivity contribution in [2.75, 3.05) is 6.54 Å². The van der Waals surface area contributed by atoms with Crippen molar-refractivity contribution in [2.24, 2.45) is 11.5 Å². The summed E-state index contributed by atoms with van der Waals surface area (Å²) in [4.78, 5) is 51.2. The predicted molar refractivity (Wildman–Crippen MR) is 148 cm³/mol. The van der Waals surface area contributed by atoms with E-state index >= 15 is 0 Å². The quantitative estimate of drug-likeness (QED) is 0.125. The molecule has 2 aromatic rings. The zero-order valence-electron chi connectivity index (χ0n) is 22.5. The minimum atomic E-state index is -1.27. The third-order valence-corrected chi connectivity index (χ3v) is 6.31. The van der Waals surface area contributed by atoms with Crippen LogP contribution in [0.15, 0.2) is 54.6 Å². The number of carbonyl (C=O) groups is 4. The van der Waals surface area contributed by atoms with Gasteiger partial charge in [-0.05, 0) is 56.0 Å². The van der Waals surface area contributed by atoms with E-state index in [-0.39, 0.29) is 25.0 Å². The molecule has 3 amide bonds. The molecule has 12 heteroatoms. The van der Waals surface area contributed by atoms with E-state index in [4.69, 9.17) is 11.5 Å². The van der Waals surface area contributed by atoms with E-state index in [1.165, 1.54) is 19.1 Å². The summed E-state index contributed by atoms with van der Waals surface area (Å²) in [5, 5.41) is 36.7. The maximum absolute atomic E-state index is 13.4. The molecule has 0 bridgehead atoms. The Kier molecular flexibility index (Phi) is 13.0. The Labute approximate surface area is 233 Å². The van der Waals surface area contributed by atoms with Crippen molar-refractivity contribution in [3.8, 4) is 5.75 Å². The molecule has 0 radical (unpaired) electrons. The van der Waals surface area contributed by atoms with Crippen LogP contribution in [0, 0.1) is 0 Å². The Morgan fingerprint density at radius 2 is 1.30 bits per heavy atom. The van der Waals surface area contributed by atoms with Crippen LogP contribution in [0.5, 0.6) is 5.75 Å². The summed E-state index contributed by atoms with van der Waals surface area (Å²) in [6.07, 6.45) is 0.118. The first-order valence-corrected chi connectivity index (χ1v) is 13.1. The van der Waals surface area contributed by atoms with Crippen LogP contribution >= 0.6 is 0 Å². The van der Waals surface area contributed by atoms with Crippen molar-refractivity contribution in [1.29, 1.82) is 0 Å². The first-order chi connectivity index (χ1) is 19.0. The Bertz CT molecular complexity index is 1110. The highest BCUT2D eigenvalue weighted by atomic mass is 16.4. The van der Waals surface area contributed by atoms with E-state index in [1.807, 2.05) is 0 Å². The average molecular weight is 558 g/mol. The normalized spacial score (nSPS) is 14.7. The summed E-state index contributed by atoms with van der Waals surface area (Å²) < 4.78 is 0. The van der Waals surface area contributed by atoms with Gasteiger partial charge in [-0.25, -0.2) is 4.79 Å². The lowest BCUT2D eigenvalue weighted by Crippen LogP contribution is -2.58. The number of aromatic hydroxyl groups is 1. The van der Waals surface area contributed by atoms with Gasteiger partial charge in [0.15, 0.2) is 0 Å². The number of amides is 3. The van der Waals surface area contributed by atoms with Crippen LogP contribution in [-0.2, 0) is 32.0 Å². The van der Waals surface area contributed by atoms with Gasteiger partial charge in [0, 0.05) is 12.8 Å². The second kappa shape index (κ2) is 16.2. The first-order valence-electron chi connectivity index (χ1n) is 13.1. The number of hydrogen-bond donors (Lipinski definition) is 8. The summed E-state index contributed by atoms with van der Waals surface area (Å²) in [5.41, 5.74) is 12.6. The number of aliphatic hydroxyl groups is 1. The number of benzene rings is 2. The third-order valence-electron chi connectivity index (χ3n) is 6.31. The molecule has 0 heterocycles. The van der Waals surface area contributed by atoms with Gasteiger partial charge in [0.1, 0.15) is 29.9 Å². The lowest BCUT2D eigenvalue weighted by Gasteiger charge is -2.26. The zero-order valence-corrected chi connectivity index (χ0v) is 22.5. The van der Waals surface area contributed by atoms with Crippen molar-refractivity contribution in [3.05, 3.63) is 65.7 Å². The van der Waals surface area contributed by atoms with Gasteiger partial charge in [-0.1, -0.05) is 42.5 Å². The number of nitrogens with two attached hydrogens (primary N) is 2. The third kappa shape index (κ3) is 10.6. The number of aliphatic carboxylic acids is 1. The highest BCUT2D eigenvalue weighted by molar-refractivity contribution is 5.94. The minimum Gasteiger partial charge on any atom is -0.508 e. The van der Waals surface area contributed by atoms with Gasteiger partial charge in [-0.15, -0.1) is 0 Å². The number of aliphatic hydroxyl groups excluding tert-OH is 1. The van der Waals surface area contributed by atoms with E-state index in [2.05, 4.69) is 16.0 Å².